The average Bonchev–Trinajstić information content (AvgIpc) is 2.25. The second-order valence-electron chi connectivity index (χ2n) is 2.99. The lowest BCUT2D eigenvalue weighted by atomic mass is 10.1. The first kappa shape index (κ1) is 11.7. The van der Waals surface area contributed by atoms with Gasteiger partial charge in [-0.15, -0.1) is 0 Å². The van der Waals surface area contributed by atoms with E-state index in [4.69, 9.17) is 10.2 Å². The maximum Gasteiger partial charge on any atom is 0.335 e. The highest BCUT2D eigenvalue weighted by molar-refractivity contribution is 5.97. The molecule has 82 valence electrons. The van der Waals surface area contributed by atoms with E-state index in [1.165, 1.54) is 6.08 Å². The van der Waals surface area contributed by atoms with E-state index < -0.39 is 11.9 Å². The van der Waals surface area contributed by atoms with Gasteiger partial charge in [-0.25, -0.2) is 9.59 Å². The Morgan fingerprint density at radius 2 is 1.62 bits per heavy atom. The molecule has 0 heterocycles. The number of carboxylic acids is 2. The van der Waals surface area contributed by atoms with Gasteiger partial charge in [-0.3, -0.25) is 0 Å². The van der Waals surface area contributed by atoms with Gasteiger partial charge in [0.25, 0.3) is 0 Å². The van der Waals surface area contributed by atoms with Crippen LogP contribution in [-0.2, 0) is 9.59 Å². The molecule has 0 atom stereocenters. The molecule has 0 bridgehead atoms. The lowest BCUT2D eigenvalue weighted by Gasteiger charge is -1.95. The van der Waals surface area contributed by atoms with Gasteiger partial charge in [0.15, 0.2) is 0 Å². The van der Waals surface area contributed by atoms with Crippen molar-refractivity contribution >= 4 is 18.0 Å². The van der Waals surface area contributed by atoms with Crippen LogP contribution in [0.25, 0.3) is 6.08 Å². The second-order valence-corrected chi connectivity index (χ2v) is 2.99. The van der Waals surface area contributed by atoms with E-state index in [-0.39, 0.29) is 5.57 Å². The molecule has 0 saturated carbocycles. The summed E-state index contributed by atoms with van der Waals surface area (Å²) in [7, 11) is 0. The summed E-state index contributed by atoms with van der Waals surface area (Å²) in [5, 5.41) is 17.2. The molecule has 0 unspecified atom stereocenters. The van der Waals surface area contributed by atoms with Gasteiger partial charge in [0.1, 0.15) is 0 Å². The van der Waals surface area contributed by atoms with Crippen molar-refractivity contribution in [3.63, 3.8) is 0 Å². The Morgan fingerprint density at radius 1 is 1.00 bits per heavy atom. The number of aliphatic carboxylic acids is 2. The smallest absolute Gasteiger partial charge is 0.335 e. The molecule has 2 N–H and O–H groups in total. The fraction of sp³-hybridized carbons (Fsp3) is 0. The van der Waals surface area contributed by atoms with Crippen LogP contribution in [0.5, 0.6) is 0 Å². The van der Waals surface area contributed by atoms with Crippen molar-refractivity contribution in [3.8, 4) is 0 Å². The van der Waals surface area contributed by atoms with Gasteiger partial charge in [-0.05, 0) is 17.7 Å². The minimum absolute atomic E-state index is 0.0754. The third kappa shape index (κ3) is 3.79. The maximum atomic E-state index is 10.8. The van der Waals surface area contributed by atoms with Gasteiger partial charge < -0.3 is 10.2 Å². The van der Waals surface area contributed by atoms with Gasteiger partial charge in [0.2, 0.25) is 0 Å². The predicted molar refractivity (Wildman–Crippen MR) is 58.8 cm³/mol. The molecule has 0 aliphatic rings. The highest BCUT2D eigenvalue weighted by Crippen LogP contribution is 2.07. The second kappa shape index (κ2) is 5.50. The van der Waals surface area contributed by atoms with Crippen molar-refractivity contribution in [2.45, 2.75) is 0 Å². The van der Waals surface area contributed by atoms with Gasteiger partial charge >= 0.3 is 11.9 Å². The van der Waals surface area contributed by atoms with Crippen LogP contribution >= 0.6 is 0 Å². The van der Waals surface area contributed by atoms with Crippen LogP contribution in [0.2, 0.25) is 0 Å². The van der Waals surface area contributed by atoms with E-state index in [0.29, 0.717) is 5.56 Å². The maximum absolute atomic E-state index is 10.8. The van der Waals surface area contributed by atoms with Crippen LogP contribution in [0, 0.1) is 0 Å². The zero-order valence-electron chi connectivity index (χ0n) is 8.33. The molecule has 4 nitrogen and oxygen atoms in total. The number of carbonyl (C=O) groups is 2. The summed E-state index contributed by atoms with van der Waals surface area (Å²) in [6, 6.07) is 8.82. The monoisotopic (exact) mass is 218 g/mol. The van der Waals surface area contributed by atoms with Gasteiger partial charge in [-0.1, -0.05) is 30.3 Å². The number of benzene rings is 1. The molecule has 0 spiro atoms. The summed E-state index contributed by atoms with van der Waals surface area (Å²) in [4.78, 5) is 21.1. The largest absolute Gasteiger partial charge is 0.478 e. The third-order valence-corrected chi connectivity index (χ3v) is 1.77. The molecule has 0 radical (unpaired) electrons. The number of carboxylic acid groups (broad SMARTS) is 2. The van der Waals surface area contributed by atoms with E-state index >= 15 is 0 Å². The zero-order valence-corrected chi connectivity index (χ0v) is 8.33. The van der Waals surface area contributed by atoms with Crippen LogP contribution in [0.15, 0.2) is 48.1 Å². The first-order chi connectivity index (χ1) is 7.59. The van der Waals surface area contributed by atoms with E-state index in [1.807, 2.05) is 6.07 Å². The Bertz CT molecular complexity index is 443. The van der Waals surface area contributed by atoms with Crippen LogP contribution in [0.1, 0.15) is 5.56 Å². The molecule has 0 aromatic heterocycles. The summed E-state index contributed by atoms with van der Waals surface area (Å²) in [6.45, 7) is 0. The minimum atomic E-state index is -1.18. The fourth-order valence-corrected chi connectivity index (χ4v) is 1.07. The first-order valence-corrected chi connectivity index (χ1v) is 4.50. The fourth-order valence-electron chi connectivity index (χ4n) is 1.07. The third-order valence-electron chi connectivity index (χ3n) is 1.77. The molecule has 0 amide bonds. The first-order valence-electron chi connectivity index (χ1n) is 4.50. The molecule has 1 rings (SSSR count). The van der Waals surface area contributed by atoms with E-state index in [2.05, 4.69) is 0 Å². The van der Waals surface area contributed by atoms with Crippen molar-refractivity contribution < 1.29 is 19.8 Å². The van der Waals surface area contributed by atoms with Crippen LogP contribution in [0.4, 0.5) is 0 Å². The van der Waals surface area contributed by atoms with E-state index in [1.54, 1.807) is 24.3 Å². The number of hydrogen-bond acceptors (Lipinski definition) is 2. The SMILES string of the molecule is O=C(O)C=CC(=Cc1ccccc1)C(=O)O. The van der Waals surface area contributed by atoms with E-state index in [0.717, 1.165) is 12.2 Å². The predicted octanol–water partition coefficient (Wildman–Crippen LogP) is 1.80. The van der Waals surface area contributed by atoms with Gasteiger partial charge in [-0.2, -0.15) is 0 Å². The van der Waals surface area contributed by atoms with Gasteiger partial charge in [0.05, 0.1) is 5.57 Å². The molecule has 0 aliphatic carbocycles. The normalized spacial score (nSPS) is 11.6. The van der Waals surface area contributed by atoms with Crippen molar-refractivity contribution in [2.75, 3.05) is 0 Å². The Hall–Kier alpha value is -2.36. The summed E-state index contributed by atoms with van der Waals surface area (Å²) < 4.78 is 0. The molecule has 0 saturated heterocycles. The Kier molecular flexibility index (Phi) is 4.03. The van der Waals surface area contributed by atoms with E-state index in [9.17, 15) is 9.59 Å². The molecular weight excluding hydrogens is 208 g/mol. The van der Waals surface area contributed by atoms with Crippen molar-refractivity contribution in [2.24, 2.45) is 0 Å². The lowest BCUT2D eigenvalue weighted by molar-refractivity contribution is -0.132. The number of rotatable bonds is 4. The Morgan fingerprint density at radius 3 is 2.12 bits per heavy atom. The molecule has 0 fully saturated rings. The van der Waals surface area contributed by atoms with Crippen molar-refractivity contribution in [1.29, 1.82) is 0 Å². The quantitative estimate of drug-likeness (QED) is 0.596. The standard InChI is InChI=1S/C12H10O4/c13-11(14)7-6-10(12(15)16)8-9-4-2-1-3-5-9/h1-8H,(H,13,14)(H,15,16). The Balaban J connectivity index is 2.99. The molecule has 4 heteroatoms. The zero-order chi connectivity index (χ0) is 12.0. The molecule has 0 aliphatic heterocycles. The van der Waals surface area contributed by atoms with Crippen molar-refractivity contribution in [3.05, 3.63) is 53.6 Å². The summed E-state index contributed by atoms with van der Waals surface area (Å²) in [6.07, 6.45) is 3.25. The molecule has 1 aromatic rings. The van der Waals surface area contributed by atoms with Crippen molar-refractivity contribution in [1.82, 2.24) is 0 Å². The van der Waals surface area contributed by atoms with Crippen LogP contribution in [0.3, 0.4) is 0 Å². The topological polar surface area (TPSA) is 74.6 Å². The molecule has 16 heavy (non-hydrogen) atoms. The highest BCUT2D eigenvalue weighted by Gasteiger charge is 2.03. The van der Waals surface area contributed by atoms with Crippen LogP contribution < -0.4 is 0 Å². The minimum Gasteiger partial charge on any atom is -0.478 e. The molecule has 1 aromatic carbocycles. The highest BCUT2D eigenvalue weighted by atomic mass is 16.4. The summed E-state index contributed by atoms with van der Waals surface area (Å²) in [5.41, 5.74) is 0.628. The molecular formula is C12H10O4. The van der Waals surface area contributed by atoms with Crippen LogP contribution in [-0.4, -0.2) is 22.2 Å². The lowest BCUT2D eigenvalue weighted by Crippen LogP contribution is -1.98. The summed E-state index contributed by atoms with van der Waals surface area (Å²) in [5.74, 6) is -2.35. The Labute approximate surface area is 92.2 Å². The number of hydrogen-bond donors (Lipinski definition) is 2. The average molecular weight is 218 g/mol. The summed E-state index contributed by atoms with van der Waals surface area (Å²) >= 11 is 0. The van der Waals surface area contributed by atoms with Gasteiger partial charge in [0, 0.05) is 6.08 Å².